The van der Waals surface area contributed by atoms with Crippen molar-refractivity contribution in [1.29, 1.82) is 0 Å². The van der Waals surface area contributed by atoms with Crippen LogP contribution in [-0.4, -0.2) is 4.98 Å². The summed E-state index contributed by atoms with van der Waals surface area (Å²) in [6.45, 7) is 0. The lowest BCUT2D eigenvalue weighted by molar-refractivity contribution is 1.32. The van der Waals surface area contributed by atoms with Crippen LogP contribution >= 0.6 is 11.6 Å². The molecule has 1 heterocycles. The molecule has 0 radical (unpaired) electrons. The van der Waals surface area contributed by atoms with Gasteiger partial charge in [0, 0.05) is 16.1 Å². The van der Waals surface area contributed by atoms with Gasteiger partial charge >= 0.3 is 0 Å². The summed E-state index contributed by atoms with van der Waals surface area (Å²) in [7, 11) is 0. The third-order valence-electron chi connectivity index (χ3n) is 2.93. The average Bonchev–Trinajstić information content (AvgIpc) is 2.48. The lowest BCUT2D eigenvalue weighted by Crippen LogP contribution is -1.88. The van der Waals surface area contributed by atoms with Crippen molar-refractivity contribution in [2.75, 3.05) is 0 Å². The molecule has 0 bridgehead atoms. The van der Waals surface area contributed by atoms with E-state index in [9.17, 15) is 0 Å². The zero-order valence-corrected chi connectivity index (χ0v) is 11.0. The van der Waals surface area contributed by atoms with Gasteiger partial charge in [0.2, 0.25) is 0 Å². The van der Waals surface area contributed by atoms with Crippen LogP contribution in [-0.2, 0) is 0 Å². The number of nitrogens with zero attached hydrogens (tertiary/aromatic N) is 1. The van der Waals surface area contributed by atoms with Crippen LogP contribution in [0.4, 0.5) is 0 Å². The lowest BCUT2D eigenvalue weighted by atomic mass is 10.1. The van der Waals surface area contributed by atoms with Crippen LogP contribution in [0.5, 0.6) is 0 Å². The molecular weight excluding hydrogens is 254 g/mol. The van der Waals surface area contributed by atoms with Gasteiger partial charge in [0.05, 0.1) is 11.4 Å². The zero-order chi connectivity index (χ0) is 13.1. The summed E-state index contributed by atoms with van der Waals surface area (Å²) in [6.07, 6.45) is 0. The minimum atomic E-state index is 0.702. The fourth-order valence-electron chi connectivity index (χ4n) is 2.01. The van der Waals surface area contributed by atoms with E-state index < -0.39 is 0 Å². The van der Waals surface area contributed by atoms with E-state index in [4.69, 9.17) is 11.6 Å². The number of aromatic nitrogens is 1. The Bertz CT molecular complexity index is 620. The Kier molecular flexibility index (Phi) is 3.30. The second-order valence-electron chi connectivity index (χ2n) is 4.29. The highest BCUT2D eigenvalue weighted by Crippen LogP contribution is 2.26. The Morgan fingerprint density at radius 3 is 1.47 bits per heavy atom. The van der Waals surface area contributed by atoms with Crippen LogP contribution in [0.25, 0.3) is 22.5 Å². The van der Waals surface area contributed by atoms with E-state index in [-0.39, 0.29) is 0 Å². The molecule has 19 heavy (non-hydrogen) atoms. The maximum Gasteiger partial charge on any atom is 0.0724 e. The molecule has 0 saturated heterocycles. The number of rotatable bonds is 2. The largest absolute Gasteiger partial charge is 0.248 e. The van der Waals surface area contributed by atoms with Gasteiger partial charge in [-0.25, -0.2) is 4.98 Å². The molecule has 0 aliphatic heterocycles. The molecule has 3 rings (SSSR count). The second-order valence-corrected chi connectivity index (χ2v) is 4.72. The molecule has 0 amide bonds. The van der Waals surface area contributed by atoms with Crippen molar-refractivity contribution in [3.05, 3.63) is 77.8 Å². The van der Waals surface area contributed by atoms with Gasteiger partial charge in [-0.05, 0) is 12.1 Å². The average molecular weight is 266 g/mol. The smallest absolute Gasteiger partial charge is 0.0724 e. The van der Waals surface area contributed by atoms with Crippen molar-refractivity contribution < 1.29 is 0 Å². The molecule has 0 aliphatic rings. The Morgan fingerprint density at radius 1 is 0.632 bits per heavy atom. The molecule has 3 aromatic rings. The maximum atomic E-state index is 6.21. The molecule has 0 N–H and O–H groups in total. The van der Waals surface area contributed by atoms with Crippen LogP contribution < -0.4 is 0 Å². The van der Waals surface area contributed by atoms with E-state index in [1.165, 1.54) is 0 Å². The first-order valence-electron chi connectivity index (χ1n) is 6.11. The number of hydrogen-bond donors (Lipinski definition) is 0. The summed E-state index contributed by atoms with van der Waals surface area (Å²) in [5.74, 6) is 0. The lowest BCUT2D eigenvalue weighted by Gasteiger charge is -2.06. The zero-order valence-electron chi connectivity index (χ0n) is 10.3. The summed E-state index contributed by atoms with van der Waals surface area (Å²) in [4.78, 5) is 4.69. The van der Waals surface area contributed by atoms with Gasteiger partial charge in [0.25, 0.3) is 0 Å². The molecule has 0 spiro atoms. The van der Waals surface area contributed by atoms with Crippen molar-refractivity contribution in [2.24, 2.45) is 0 Å². The molecule has 2 aromatic carbocycles. The fourth-order valence-corrected chi connectivity index (χ4v) is 2.22. The quantitative estimate of drug-likeness (QED) is 0.630. The predicted octanol–water partition coefficient (Wildman–Crippen LogP) is 5.07. The molecule has 0 fully saturated rings. The highest BCUT2D eigenvalue weighted by atomic mass is 35.5. The van der Waals surface area contributed by atoms with E-state index in [1.54, 1.807) is 0 Å². The Morgan fingerprint density at radius 2 is 1.05 bits per heavy atom. The molecule has 0 unspecified atom stereocenters. The van der Waals surface area contributed by atoms with Gasteiger partial charge in [-0.3, -0.25) is 0 Å². The molecular formula is C17H12ClN. The van der Waals surface area contributed by atoms with Crippen LogP contribution in [0.1, 0.15) is 0 Å². The topological polar surface area (TPSA) is 12.9 Å². The standard InChI is InChI=1S/C17H12ClN/c18-15-11-16(13-7-3-1-4-8-13)19-17(12-15)14-9-5-2-6-10-14/h1-12H. The Labute approximate surface area is 117 Å². The summed E-state index contributed by atoms with van der Waals surface area (Å²) in [6, 6.07) is 23.9. The minimum absolute atomic E-state index is 0.702. The van der Waals surface area contributed by atoms with Gasteiger partial charge in [-0.2, -0.15) is 0 Å². The SMILES string of the molecule is Clc1cc(-c2ccccc2)nc(-c2ccccc2)c1. The van der Waals surface area contributed by atoms with E-state index in [0.717, 1.165) is 22.5 Å². The molecule has 0 aliphatic carbocycles. The normalized spacial score (nSPS) is 10.4. The van der Waals surface area contributed by atoms with Crippen LogP contribution in [0, 0.1) is 0 Å². The molecule has 1 aromatic heterocycles. The van der Waals surface area contributed by atoms with E-state index >= 15 is 0 Å². The van der Waals surface area contributed by atoms with Gasteiger partial charge < -0.3 is 0 Å². The predicted molar refractivity (Wildman–Crippen MR) is 80.1 cm³/mol. The third-order valence-corrected chi connectivity index (χ3v) is 3.15. The summed E-state index contributed by atoms with van der Waals surface area (Å²) in [5.41, 5.74) is 3.93. The second kappa shape index (κ2) is 5.25. The Balaban J connectivity index is 2.12. The van der Waals surface area contributed by atoms with Crippen molar-refractivity contribution in [1.82, 2.24) is 4.98 Å². The fraction of sp³-hybridized carbons (Fsp3) is 0. The summed E-state index contributed by atoms with van der Waals surface area (Å²) >= 11 is 6.21. The summed E-state index contributed by atoms with van der Waals surface area (Å²) < 4.78 is 0. The number of halogens is 1. The van der Waals surface area contributed by atoms with E-state index in [0.29, 0.717) is 5.02 Å². The molecule has 0 atom stereocenters. The number of pyridine rings is 1. The molecule has 0 saturated carbocycles. The van der Waals surface area contributed by atoms with Gasteiger partial charge in [0.1, 0.15) is 0 Å². The maximum absolute atomic E-state index is 6.21. The third kappa shape index (κ3) is 2.67. The molecule has 1 nitrogen and oxygen atoms in total. The van der Waals surface area contributed by atoms with Crippen LogP contribution in [0.2, 0.25) is 5.02 Å². The van der Waals surface area contributed by atoms with Crippen LogP contribution in [0.15, 0.2) is 72.8 Å². The molecule has 92 valence electrons. The Hall–Kier alpha value is -2.12. The van der Waals surface area contributed by atoms with Gasteiger partial charge in [0.15, 0.2) is 0 Å². The van der Waals surface area contributed by atoms with Gasteiger partial charge in [-0.1, -0.05) is 72.3 Å². The number of benzene rings is 2. The first kappa shape index (κ1) is 11.9. The van der Waals surface area contributed by atoms with Crippen molar-refractivity contribution in [3.63, 3.8) is 0 Å². The number of hydrogen-bond acceptors (Lipinski definition) is 1. The molecule has 2 heteroatoms. The first-order valence-corrected chi connectivity index (χ1v) is 6.49. The van der Waals surface area contributed by atoms with Gasteiger partial charge in [-0.15, -0.1) is 0 Å². The van der Waals surface area contributed by atoms with E-state index in [1.807, 2.05) is 72.8 Å². The highest BCUT2D eigenvalue weighted by molar-refractivity contribution is 6.31. The first-order chi connectivity index (χ1) is 9.33. The van der Waals surface area contributed by atoms with Crippen molar-refractivity contribution in [2.45, 2.75) is 0 Å². The highest BCUT2D eigenvalue weighted by Gasteiger charge is 2.05. The van der Waals surface area contributed by atoms with Crippen molar-refractivity contribution in [3.8, 4) is 22.5 Å². The summed E-state index contributed by atoms with van der Waals surface area (Å²) in [5, 5.41) is 0.702. The van der Waals surface area contributed by atoms with Crippen LogP contribution in [0.3, 0.4) is 0 Å². The monoisotopic (exact) mass is 265 g/mol. The minimum Gasteiger partial charge on any atom is -0.248 e. The van der Waals surface area contributed by atoms with Crippen molar-refractivity contribution >= 4 is 11.6 Å². The van der Waals surface area contributed by atoms with E-state index in [2.05, 4.69) is 4.98 Å².